The normalized spacial score (nSPS) is 13.6. The van der Waals surface area contributed by atoms with E-state index in [2.05, 4.69) is 41.1 Å². The smallest absolute Gasteiger partial charge is 0.182 e. The highest BCUT2D eigenvalue weighted by Gasteiger charge is 2.19. The number of carbonyl (C=O) groups is 1. The zero-order chi connectivity index (χ0) is 16.1. The fourth-order valence-electron chi connectivity index (χ4n) is 2.82. The van der Waals surface area contributed by atoms with Crippen LogP contribution in [-0.4, -0.2) is 24.7 Å². The molecule has 0 spiro atoms. The van der Waals surface area contributed by atoms with Crippen LogP contribution in [0.3, 0.4) is 0 Å². The van der Waals surface area contributed by atoms with Crippen LogP contribution in [0.1, 0.15) is 35.2 Å². The van der Waals surface area contributed by atoms with E-state index in [9.17, 15) is 4.79 Å². The molecular weight excluding hydrogens is 364 g/mol. The van der Waals surface area contributed by atoms with E-state index in [4.69, 9.17) is 0 Å². The topological polar surface area (TPSA) is 32.7 Å². The van der Waals surface area contributed by atoms with Crippen LogP contribution in [0.25, 0.3) is 0 Å². The maximum absolute atomic E-state index is 12.6. The molecule has 2 aromatic carbocycles. The lowest BCUT2D eigenvalue weighted by atomic mass is 10.1. The van der Waals surface area contributed by atoms with Gasteiger partial charge in [0.05, 0.1) is 6.54 Å². The highest BCUT2D eigenvalue weighted by atomic mass is 79.9. The van der Waals surface area contributed by atoms with Crippen molar-refractivity contribution < 1.29 is 4.79 Å². The van der Waals surface area contributed by atoms with E-state index >= 15 is 0 Å². The summed E-state index contributed by atoms with van der Waals surface area (Å²) >= 11 is 0. The van der Waals surface area contributed by atoms with Crippen LogP contribution in [0.15, 0.2) is 59.6 Å². The first-order chi connectivity index (χ1) is 11.2. The number of halogens is 1. The first kappa shape index (κ1) is 18.4. The van der Waals surface area contributed by atoms with Crippen LogP contribution >= 0.6 is 17.0 Å². The Morgan fingerprint density at radius 3 is 2.38 bits per heavy atom. The number of hydrogen-bond donors (Lipinski definition) is 0. The molecule has 0 atom stereocenters. The molecule has 0 radical (unpaired) electrons. The lowest BCUT2D eigenvalue weighted by molar-refractivity contribution is 0.100. The zero-order valence-corrected chi connectivity index (χ0v) is 15.7. The number of nitrogens with zero attached hydrogens (tertiary/aromatic N) is 2. The lowest BCUT2D eigenvalue weighted by Crippen LogP contribution is -2.37. The first-order valence-corrected chi connectivity index (χ1v) is 8.20. The summed E-state index contributed by atoms with van der Waals surface area (Å²) in [5.74, 6) is 1.16. The van der Waals surface area contributed by atoms with E-state index in [1.165, 1.54) is 5.56 Å². The maximum Gasteiger partial charge on any atom is 0.182 e. The van der Waals surface area contributed by atoms with E-state index in [-0.39, 0.29) is 22.8 Å². The third kappa shape index (κ3) is 4.54. The molecule has 126 valence electrons. The number of anilines is 1. The molecule has 1 aliphatic rings. The molecule has 0 N–H and O–H groups in total. The Morgan fingerprint density at radius 1 is 1.04 bits per heavy atom. The molecule has 0 saturated heterocycles. The van der Waals surface area contributed by atoms with Gasteiger partial charge in [-0.3, -0.25) is 9.79 Å². The lowest BCUT2D eigenvalue weighted by Gasteiger charge is -2.28. The molecule has 3 nitrogen and oxygen atoms in total. The van der Waals surface area contributed by atoms with Crippen LogP contribution in [0.2, 0.25) is 0 Å². The molecule has 0 amide bonds. The van der Waals surface area contributed by atoms with Gasteiger partial charge in [0.15, 0.2) is 5.78 Å². The molecule has 0 saturated carbocycles. The summed E-state index contributed by atoms with van der Waals surface area (Å²) in [6.45, 7) is 3.27. The van der Waals surface area contributed by atoms with E-state index < -0.39 is 0 Å². The molecule has 1 aliphatic heterocycles. The van der Waals surface area contributed by atoms with Gasteiger partial charge in [0.25, 0.3) is 0 Å². The molecule has 0 fully saturated rings. The van der Waals surface area contributed by atoms with Crippen molar-refractivity contribution in [3.8, 4) is 0 Å². The monoisotopic (exact) mass is 386 g/mol. The van der Waals surface area contributed by atoms with E-state index in [1.807, 2.05) is 30.3 Å². The molecule has 0 aliphatic carbocycles. The number of ketones is 1. The molecule has 0 aromatic heterocycles. The van der Waals surface area contributed by atoms with Gasteiger partial charge in [-0.15, -0.1) is 17.0 Å². The van der Waals surface area contributed by atoms with Crippen molar-refractivity contribution in [2.24, 2.45) is 4.99 Å². The van der Waals surface area contributed by atoms with Gasteiger partial charge in [-0.1, -0.05) is 48.0 Å². The van der Waals surface area contributed by atoms with E-state index in [0.717, 1.165) is 42.9 Å². The highest BCUT2D eigenvalue weighted by Crippen LogP contribution is 2.20. The Hall–Kier alpha value is -1.94. The van der Waals surface area contributed by atoms with Gasteiger partial charge in [-0.25, -0.2) is 0 Å². The maximum atomic E-state index is 12.6. The van der Waals surface area contributed by atoms with Gasteiger partial charge in [-0.05, 0) is 31.9 Å². The fraction of sp³-hybridized carbons (Fsp3) is 0.300. The second-order valence-corrected chi connectivity index (χ2v) is 5.97. The predicted octanol–water partition coefficient (Wildman–Crippen LogP) is 4.84. The fourth-order valence-corrected chi connectivity index (χ4v) is 2.82. The minimum absolute atomic E-state index is 0. The van der Waals surface area contributed by atoms with Crippen LogP contribution in [0.5, 0.6) is 0 Å². The van der Waals surface area contributed by atoms with Gasteiger partial charge in [0.2, 0.25) is 0 Å². The van der Waals surface area contributed by atoms with Gasteiger partial charge in [0, 0.05) is 24.2 Å². The highest BCUT2D eigenvalue weighted by molar-refractivity contribution is 8.93. The third-order valence-corrected chi connectivity index (χ3v) is 4.16. The summed E-state index contributed by atoms with van der Waals surface area (Å²) in [5, 5.41) is 0. The Morgan fingerprint density at radius 2 is 1.75 bits per heavy atom. The molecule has 0 bridgehead atoms. The Kier molecular flexibility index (Phi) is 6.73. The number of rotatable bonds is 4. The van der Waals surface area contributed by atoms with Crippen LogP contribution < -0.4 is 4.90 Å². The van der Waals surface area contributed by atoms with E-state index in [1.54, 1.807) is 0 Å². The largest absolute Gasteiger partial charge is 0.322 e. The second-order valence-electron chi connectivity index (χ2n) is 5.97. The van der Waals surface area contributed by atoms with Crippen molar-refractivity contribution >= 4 is 34.3 Å². The Labute approximate surface area is 154 Å². The predicted molar refractivity (Wildman–Crippen MR) is 106 cm³/mol. The standard InChI is InChI=1S/C20H22N2O.BrH/c1-16-10-12-18(13-11-16)22(20-9-5-6-14-21-20)15-19(23)17-7-3-2-4-8-17;/h2-4,7-8,10-13H,5-6,9,14-15H2,1H3;1H. The molecule has 4 heteroatoms. The van der Waals surface area contributed by atoms with Gasteiger partial charge in [0.1, 0.15) is 5.84 Å². The van der Waals surface area contributed by atoms with Gasteiger partial charge in [-0.2, -0.15) is 0 Å². The summed E-state index contributed by atoms with van der Waals surface area (Å²) < 4.78 is 0. The van der Waals surface area contributed by atoms with Crippen molar-refractivity contribution in [3.63, 3.8) is 0 Å². The van der Waals surface area contributed by atoms with Crippen LogP contribution in [-0.2, 0) is 0 Å². The SMILES string of the molecule is Br.Cc1ccc(N(CC(=O)c2ccccc2)C2=NCCCC2)cc1. The molecule has 3 rings (SSSR count). The van der Waals surface area contributed by atoms with Gasteiger partial charge >= 0.3 is 0 Å². The number of carbonyl (C=O) groups excluding carboxylic acids is 1. The van der Waals surface area contributed by atoms with Crippen molar-refractivity contribution in [2.75, 3.05) is 18.0 Å². The minimum atomic E-state index is 0. The Bertz CT molecular complexity index is 695. The second kappa shape index (κ2) is 8.78. The molecular formula is C20H23BrN2O. The number of hydrogen-bond acceptors (Lipinski definition) is 3. The average Bonchev–Trinajstić information content (AvgIpc) is 2.62. The van der Waals surface area contributed by atoms with Gasteiger partial charge < -0.3 is 4.90 Å². The summed E-state index contributed by atoms with van der Waals surface area (Å²) in [7, 11) is 0. The number of amidine groups is 1. The Balaban J connectivity index is 0.00000208. The van der Waals surface area contributed by atoms with Crippen LogP contribution in [0.4, 0.5) is 5.69 Å². The van der Waals surface area contributed by atoms with Crippen LogP contribution in [0, 0.1) is 6.92 Å². The first-order valence-electron chi connectivity index (χ1n) is 8.20. The van der Waals surface area contributed by atoms with E-state index in [0.29, 0.717) is 6.54 Å². The summed E-state index contributed by atoms with van der Waals surface area (Å²) in [4.78, 5) is 19.4. The quantitative estimate of drug-likeness (QED) is 0.703. The van der Waals surface area contributed by atoms with Crippen molar-refractivity contribution in [1.82, 2.24) is 0 Å². The summed E-state index contributed by atoms with van der Waals surface area (Å²) in [5.41, 5.74) is 3.01. The molecule has 0 unspecified atom stereocenters. The molecule has 24 heavy (non-hydrogen) atoms. The number of benzene rings is 2. The number of aryl methyl sites for hydroxylation is 1. The number of Topliss-reactive ketones (excluding diaryl/α,β-unsaturated/α-hetero) is 1. The molecule has 1 heterocycles. The summed E-state index contributed by atoms with van der Waals surface area (Å²) in [6.07, 6.45) is 3.22. The molecule has 2 aromatic rings. The summed E-state index contributed by atoms with van der Waals surface area (Å²) in [6, 6.07) is 17.8. The third-order valence-electron chi connectivity index (χ3n) is 4.16. The number of aliphatic imine (C=N–C) groups is 1. The average molecular weight is 387 g/mol. The van der Waals surface area contributed by atoms with Crippen molar-refractivity contribution in [1.29, 1.82) is 0 Å². The van der Waals surface area contributed by atoms with Crippen molar-refractivity contribution in [2.45, 2.75) is 26.2 Å². The minimum Gasteiger partial charge on any atom is -0.322 e. The van der Waals surface area contributed by atoms with Crippen molar-refractivity contribution in [3.05, 3.63) is 65.7 Å². The zero-order valence-electron chi connectivity index (χ0n) is 13.9.